The summed E-state index contributed by atoms with van der Waals surface area (Å²) in [5.41, 5.74) is 1.59. The lowest BCUT2D eigenvalue weighted by Crippen LogP contribution is -2.46. The number of carbonyl (C=O) groups is 1. The van der Waals surface area contributed by atoms with E-state index in [1.807, 2.05) is 25.1 Å². The summed E-state index contributed by atoms with van der Waals surface area (Å²) >= 11 is 1.42. The van der Waals surface area contributed by atoms with E-state index in [2.05, 4.69) is 27.1 Å². The van der Waals surface area contributed by atoms with E-state index in [1.165, 1.54) is 43.4 Å². The number of hydrogen-bond donors (Lipinski definition) is 1. The molecule has 3 heterocycles. The van der Waals surface area contributed by atoms with Gasteiger partial charge in [-0.2, -0.15) is 0 Å². The van der Waals surface area contributed by atoms with Crippen LogP contribution in [0.3, 0.4) is 0 Å². The lowest BCUT2D eigenvalue weighted by atomic mass is 10.0. The van der Waals surface area contributed by atoms with Gasteiger partial charge in [-0.05, 0) is 51.4 Å². The molecule has 1 fully saturated rings. The first kappa shape index (κ1) is 19.0. The normalized spacial score (nSPS) is 18.0. The maximum atomic E-state index is 12.7. The summed E-state index contributed by atoms with van der Waals surface area (Å²) in [5, 5.41) is 3.95. The highest BCUT2D eigenvalue weighted by Gasteiger charge is 2.23. The number of amides is 1. The van der Waals surface area contributed by atoms with Crippen LogP contribution in [0.2, 0.25) is 0 Å². The van der Waals surface area contributed by atoms with Crippen LogP contribution < -0.4 is 5.32 Å². The van der Waals surface area contributed by atoms with Gasteiger partial charge in [0, 0.05) is 18.8 Å². The van der Waals surface area contributed by atoms with Crippen LogP contribution in [0.4, 0.5) is 0 Å². The number of carbonyl (C=O) groups excluding carboxylic acids is 1. The smallest absolute Gasteiger partial charge is 0.263 e. The predicted octanol–water partition coefficient (Wildman–Crippen LogP) is 3.90. The number of nitrogens with one attached hydrogen (secondary N) is 1. The fourth-order valence-corrected chi connectivity index (χ4v) is 4.40. The number of piperidine rings is 1. The summed E-state index contributed by atoms with van der Waals surface area (Å²) in [4.78, 5) is 24.8. The van der Waals surface area contributed by atoms with E-state index < -0.39 is 0 Å². The quantitative estimate of drug-likeness (QED) is 0.801. The Bertz CT molecular complexity index is 716. The second kappa shape index (κ2) is 9.24. The zero-order valence-corrected chi connectivity index (χ0v) is 16.5. The van der Waals surface area contributed by atoms with Gasteiger partial charge in [-0.25, -0.2) is 4.98 Å². The Morgan fingerprint density at radius 3 is 3.04 bits per heavy atom. The molecule has 1 aliphatic rings. The highest BCUT2D eigenvalue weighted by molar-refractivity contribution is 7.17. The Labute approximate surface area is 159 Å². The standard InChI is InChI=1S/C20H28N4OS/c1-3-4-12-24-13-8-6-9-16(24)14-22-19(25)18-15(2)23-20(26-18)17-10-5-7-11-21-17/h5,7,10-11,16H,3-4,6,8-9,12-14H2,1-2H3,(H,22,25). The molecule has 1 unspecified atom stereocenters. The number of aryl methyl sites for hydroxylation is 1. The third-order valence-corrected chi connectivity index (χ3v) is 6.11. The monoisotopic (exact) mass is 372 g/mol. The van der Waals surface area contributed by atoms with Crippen molar-refractivity contribution in [1.82, 2.24) is 20.2 Å². The van der Waals surface area contributed by atoms with Crippen molar-refractivity contribution in [1.29, 1.82) is 0 Å². The number of thiazole rings is 1. The number of pyridine rings is 1. The summed E-state index contributed by atoms with van der Waals surface area (Å²) in [6.07, 6.45) is 7.89. The van der Waals surface area contributed by atoms with Crippen LogP contribution >= 0.6 is 11.3 Å². The molecule has 0 saturated carbocycles. The highest BCUT2D eigenvalue weighted by Crippen LogP contribution is 2.26. The van der Waals surface area contributed by atoms with E-state index in [1.54, 1.807) is 6.20 Å². The minimum absolute atomic E-state index is 0.0109. The number of hydrogen-bond acceptors (Lipinski definition) is 5. The molecular formula is C20H28N4OS. The van der Waals surface area contributed by atoms with Crippen LogP contribution in [-0.4, -0.2) is 46.5 Å². The minimum atomic E-state index is -0.0109. The van der Waals surface area contributed by atoms with Crippen LogP contribution in [0.1, 0.15) is 54.4 Å². The molecule has 5 nitrogen and oxygen atoms in total. The van der Waals surface area contributed by atoms with Crippen molar-refractivity contribution >= 4 is 17.2 Å². The van der Waals surface area contributed by atoms with Gasteiger partial charge in [0.25, 0.3) is 5.91 Å². The molecule has 1 amide bonds. The van der Waals surface area contributed by atoms with Crippen molar-refractivity contribution in [3.8, 4) is 10.7 Å². The predicted molar refractivity (Wildman–Crippen MR) is 107 cm³/mol. The molecule has 1 atom stereocenters. The van der Waals surface area contributed by atoms with Crippen LogP contribution in [0.15, 0.2) is 24.4 Å². The van der Waals surface area contributed by atoms with Crippen LogP contribution in [0, 0.1) is 6.92 Å². The molecule has 1 saturated heterocycles. The van der Waals surface area contributed by atoms with Crippen molar-refractivity contribution in [2.75, 3.05) is 19.6 Å². The van der Waals surface area contributed by atoms with Crippen molar-refractivity contribution in [3.63, 3.8) is 0 Å². The van der Waals surface area contributed by atoms with Gasteiger partial charge < -0.3 is 5.32 Å². The van der Waals surface area contributed by atoms with E-state index in [-0.39, 0.29) is 5.91 Å². The SMILES string of the molecule is CCCCN1CCCCC1CNC(=O)c1sc(-c2ccccn2)nc1C. The third kappa shape index (κ3) is 4.68. The first-order chi connectivity index (χ1) is 12.7. The molecule has 0 aliphatic carbocycles. The number of likely N-dealkylation sites (tertiary alicyclic amines) is 1. The van der Waals surface area contributed by atoms with E-state index in [9.17, 15) is 4.79 Å². The Balaban J connectivity index is 1.62. The zero-order chi connectivity index (χ0) is 18.4. The maximum Gasteiger partial charge on any atom is 0.263 e. The largest absolute Gasteiger partial charge is 0.350 e. The van der Waals surface area contributed by atoms with Gasteiger partial charge in [0.2, 0.25) is 0 Å². The Morgan fingerprint density at radius 2 is 2.27 bits per heavy atom. The number of unbranched alkanes of at least 4 members (excludes halogenated alkanes) is 1. The highest BCUT2D eigenvalue weighted by atomic mass is 32.1. The second-order valence-electron chi connectivity index (χ2n) is 6.90. The van der Waals surface area contributed by atoms with Gasteiger partial charge >= 0.3 is 0 Å². The molecule has 140 valence electrons. The van der Waals surface area contributed by atoms with Crippen LogP contribution in [0.5, 0.6) is 0 Å². The fourth-order valence-electron chi connectivity index (χ4n) is 3.44. The zero-order valence-electron chi connectivity index (χ0n) is 15.7. The van der Waals surface area contributed by atoms with E-state index >= 15 is 0 Å². The Morgan fingerprint density at radius 1 is 1.38 bits per heavy atom. The van der Waals surface area contributed by atoms with Gasteiger partial charge in [-0.1, -0.05) is 25.8 Å². The number of aromatic nitrogens is 2. The average Bonchev–Trinajstić information content (AvgIpc) is 3.07. The van der Waals surface area contributed by atoms with Crippen molar-refractivity contribution < 1.29 is 4.79 Å². The summed E-state index contributed by atoms with van der Waals surface area (Å²) in [6, 6.07) is 6.20. The van der Waals surface area contributed by atoms with Gasteiger partial charge in [0.15, 0.2) is 0 Å². The van der Waals surface area contributed by atoms with Gasteiger partial charge in [-0.3, -0.25) is 14.7 Å². The van der Waals surface area contributed by atoms with Crippen molar-refractivity contribution in [2.45, 2.75) is 52.0 Å². The molecule has 26 heavy (non-hydrogen) atoms. The number of nitrogens with zero attached hydrogens (tertiary/aromatic N) is 3. The topological polar surface area (TPSA) is 58.1 Å². The van der Waals surface area contributed by atoms with Crippen LogP contribution in [-0.2, 0) is 0 Å². The van der Waals surface area contributed by atoms with Crippen LogP contribution in [0.25, 0.3) is 10.7 Å². The lowest BCUT2D eigenvalue weighted by Gasteiger charge is -2.35. The molecule has 0 spiro atoms. The summed E-state index contributed by atoms with van der Waals surface area (Å²) in [5.74, 6) is -0.0109. The van der Waals surface area contributed by atoms with Crippen molar-refractivity contribution in [3.05, 3.63) is 35.0 Å². The molecule has 0 bridgehead atoms. The fraction of sp³-hybridized carbons (Fsp3) is 0.550. The van der Waals surface area contributed by atoms with Crippen molar-refractivity contribution in [2.24, 2.45) is 0 Å². The molecule has 2 aromatic heterocycles. The second-order valence-corrected chi connectivity index (χ2v) is 7.90. The van der Waals surface area contributed by atoms with Gasteiger partial charge in [0.05, 0.1) is 11.4 Å². The summed E-state index contributed by atoms with van der Waals surface area (Å²) in [6.45, 7) is 7.14. The molecule has 0 aromatic carbocycles. The molecule has 0 radical (unpaired) electrons. The minimum Gasteiger partial charge on any atom is -0.350 e. The Kier molecular flexibility index (Phi) is 6.74. The molecule has 6 heteroatoms. The van der Waals surface area contributed by atoms with Gasteiger partial charge in [-0.15, -0.1) is 11.3 Å². The lowest BCUT2D eigenvalue weighted by molar-refractivity contribution is 0.0916. The van der Waals surface area contributed by atoms with Gasteiger partial charge in [0.1, 0.15) is 9.88 Å². The molecule has 1 aliphatic heterocycles. The summed E-state index contributed by atoms with van der Waals surface area (Å²) in [7, 11) is 0. The van der Waals surface area contributed by atoms with E-state index in [0.29, 0.717) is 10.9 Å². The third-order valence-electron chi connectivity index (χ3n) is 4.93. The van der Waals surface area contributed by atoms with E-state index in [4.69, 9.17) is 0 Å². The molecule has 3 rings (SSSR count). The van der Waals surface area contributed by atoms with E-state index in [0.717, 1.165) is 36.0 Å². The molecule has 1 N–H and O–H groups in total. The summed E-state index contributed by atoms with van der Waals surface area (Å²) < 4.78 is 0. The molecule has 2 aromatic rings. The number of rotatable bonds is 7. The average molecular weight is 373 g/mol. The Hall–Kier alpha value is -1.79. The molecular weight excluding hydrogens is 344 g/mol. The maximum absolute atomic E-state index is 12.7. The first-order valence-corrected chi connectivity index (χ1v) is 10.4. The first-order valence-electron chi connectivity index (χ1n) is 9.60.